The predicted molar refractivity (Wildman–Crippen MR) is 84.0 cm³/mol. The summed E-state index contributed by atoms with van der Waals surface area (Å²) in [6, 6.07) is 3.38. The van der Waals surface area contributed by atoms with Crippen LogP contribution >= 0.6 is 11.8 Å². The molecule has 110 valence electrons. The van der Waals surface area contributed by atoms with Gasteiger partial charge < -0.3 is 10.0 Å². The van der Waals surface area contributed by atoms with Crippen LogP contribution in [0.15, 0.2) is 12.1 Å². The number of aromatic nitrogens is 1. The van der Waals surface area contributed by atoms with E-state index in [1.807, 2.05) is 25.6 Å². The van der Waals surface area contributed by atoms with Crippen LogP contribution in [-0.2, 0) is 0 Å². The van der Waals surface area contributed by atoms with Crippen LogP contribution in [0.5, 0.6) is 0 Å². The van der Waals surface area contributed by atoms with Crippen molar-refractivity contribution in [2.45, 2.75) is 38.4 Å². The van der Waals surface area contributed by atoms with Crippen LogP contribution in [0.25, 0.3) is 0 Å². The van der Waals surface area contributed by atoms with E-state index in [0.717, 1.165) is 30.4 Å². The number of anilines is 1. The molecule has 0 aromatic carbocycles. The maximum Gasteiger partial charge on any atom is 0.335 e. The summed E-state index contributed by atoms with van der Waals surface area (Å²) in [5.41, 5.74) is 1.17. The van der Waals surface area contributed by atoms with Crippen molar-refractivity contribution in [3.63, 3.8) is 0 Å². The third-order valence-corrected chi connectivity index (χ3v) is 4.72. The monoisotopic (exact) mass is 294 g/mol. The molecule has 2 heterocycles. The molecule has 0 bridgehead atoms. The molecular weight excluding hydrogens is 272 g/mol. The Balaban J connectivity index is 2.37. The van der Waals surface area contributed by atoms with Gasteiger partial charge in [-0.25, -0.2) is 9.78 Å². The largest absolute Gasteiger partial charge is 0.478 e. The molecule has 1 N–H and O–H groups in total. The molecule has 0 aliphatic carbocycles. The molecule has 0 amide bonds. The fourth-order valence-corrected chi connectivity index (χ4v) is 3.44. The first kappa shape index (κ1) is 15.2. The molecule has 0 spiro atoms. The zero-order valence-electron chi connectivity index (χ0n) is 12.5. The van der Waals surface area contributed by atoms with Gasteiger partial charge >= 0.3 is 5.97 Å². The molecule has 5 heteroatoms. The summed E-state index contributed by atoms with van der Waals surface area (Å²) < 4.78 is 0.178. The second-order valence-corrected chi connectivity index (χ2v) is 7.93. The van der Waals surface area contributed by atoms with Gasteiger partial charge in [0.2, 0.25) is 0 Å². The van der Waals surface area contributed by atoms with E-state index in [2.05, 4.69) is 23.7 Å². The Morgan fingerprint density at radius 1 is 1.45 bits per heavy atom. The van der Waals surface area contributed by atoms with Crippen molar-refractivity contribution >= 4 is 23.5 Å². The average Bonchev–Trinajstić information content (AvgIpc) is 2.36. The highest BCUT2D eigenvalue weighted by Gasteiger charge is 2.28. The number of aromatic carboxylic acids is 1. The number of hydrogen-bond acceptors (Lipinski definition) is 4. The second-order valence-electron chi connectivity index (χ2n) is 6.13. The first-order valence-corrected chi connectivity index (χ1v) is 7.91. The Morgan fingerprint density at radius 2 is 2.15 bits per heavy atom. The fourth-order valence-electron chi connectivity index (χ4n) is 2.33. The van der Waals surface area contributed by atoms with Crippen molar-refractivity contribution in [2.75, 3.05) is 23.7 Å². The zero-order valence-corrected chi connectivity index (χ0v) is 13.3. The first-order valence-electron chi connectivity index (χ1n) is 6.93. The molecule has 0 radical (unpaired) electrons. The Morgan fingerprint density at radius 3 is 2.70 bits per heavy atom. The van der Waals surface area contributed by atoms with Gasteiger partial charge in [0.25, 0.3) is 0 Å². The summed E-state index contributed by atoms with van der Waals surface area (Å²) >= 11 is 1.95. The molecule has 1 saturated heterocycles. The van der Waals surface area contributed by atoms with Crippen molar-refractivity contribution < 1.29 is 9.90 Å². The smallest absolute Gasteiger partial charge is 0.335 e. The summed E-state index contributed by atoms with van der Waals surface area (Å²) in [7, 11) is 0. The van der Waals surface area contributed by atoms with Crippen molar-refractivity contribution in [1.82, 2.24) is 4.98 Å². The van der Waals surface area contributed by atoms with E-state index in [9.17, 15) is 9.90 Å². The second kappa shape index (κ2) is 5.64. The van der Waals surface area contributed by atoms with Gasteiger partial charge in [0.15, 0.2) is 0 Å². The predicted octanol–water partition coefficient (Wildman–Crippen LogP) is 3.24. The number of carboxylic acids is 1. The number of hydrogen-bond donors (Lipinski definition) is 1. The lowest BCUT2D eigenvalue weighted by atomic mass is 10.1. The molecule has 0 unspecified atom stereocenters. The van der Waals surface area contributed by atoms with E-state index in [1.165, 1.54) is 0 Å². The highest BCUT2D eigenvalue weighted by atomic mass is 32.2. The average molecular weight is 294 g/mol. The van der Waals surface area contributed by atoms with E-state index in [-0.39, 0.29) is 10.7 Å². The van der Waals surface area contributed by atoms with Crippen LogP contribution in [0.3, 0.4) is 0 Å². The number of nitrogens with zero attached hydrogens (tertiary/aromatic N) is 2. The normalized spacial score (nSPS) is 18.4. The van der Waals surface area contributed by atoms with Crippen LogP contribution in [0.1, 0.15) is 49.7 Å². The minimum Gasteiger partial charge on any atom is -0.478 e. The molecule has 0 saturated carbocycles. The minimum atomic E-state index is -0.888. The van der Waals surface area contributed by atoms with Gasteiger partial charge in [0.1, 0.15) is 5.82 Å². The molecule has 4 nitrogen and oxygen atoms in total. The van der Waals surface area contributed by atoms with E-state index < -0.39 is 5.97 Å². The van der Waals surface area contributed by atoms with Crippen LogP contribution in [0, 0.1) is 0 Å². The van der Waals surface area contributed by atoms with Crippen LogP contribution in [-0.4, -0.2) is 39.6 Å². The zero-order chi connectivity index (χ0) is 14.9. The summed E-state index contributed by atoms with van der Waals surface area (Å²) in [4.78, 5) is 18.1. The summed E-state index contributed by atoms with van der Waals surface area (Å²) in [5.74, 6) is 1.17. The van der Waals surface area contributed by atoms with Crippen molar-refractivity contribution in [3.05, 3.63) is 23.4 Å². The van der Waals surface area contributed by atoms with Gasteiger partial charge in [-0.1, -0.05) is 13.8 Å². The van der Waals surface area contributed by atoms with Gasteiger partial charge in [-0.15, -0.1) is 0 Å². The summed E-state index contributed by atoms with van der Waals surface area (Å²) in [6.45, 7) is 10.3. The molecule has 1 aliphatic rings. The minimum absolute atomic E-state index is 0.178. The molecule has 1 aromatic rings. The summed E-state index contributed by atoms with van der Waals surface area (Å²) in [5, 5.41) is 9.27. The number of carboxylic acid groups (broad SMARTS) is 1. The molecule has 0 atom stereocenters. The molecule has 1 aliphatic heterocycles. The SMILES string of the molecule is CC(C)c1cc(C(=O)O)cc(N2CCSC(C)(C)C2)n1. The number of thioether (sulfide) groups is 1. The van der Waals surface area contributed by atoms with E-state index >= 15 is 0 Å². The number of pyridine rings is 1. The van der Waals surface area contributed by atoms with Crippen molar-refractivity contribution in [1.29, 1.82) is 0 Å². The Kier molecular flexibility index (Phi) is 4.28. The fraction of sp³-hybridized carbons (Fsp3) is 0.600. The lowest BCUT2D eigenvalue weighted by Gasteiger charge is -2.38. The maximum absolute atomic E-state index is 11.3. The third kappa shape index (κ3) is 3.45. The molecular formula is C15H22N2O2S. The standard InChI is InChI=1S/C15H22N2O2S/c1-10(2)12-7-11(14(18)19)8-13(16-12)17-5-6-20-15(3,4)9-17/h7-8,10H,5-6,9H2,1-4H3,(H,18,19). The molecule has 20 heavy (non-hydrogen) atoms. The van der Waals surface area contributed by atoms with Crippen LogP contribution in [0.4, 0.5) is 5.82 Å². The lowest BCUT2D eigenvalue weighted by molar-refractivity contribution is 0.0696. The molecule has 2 rings (SSSR count). The van der Waals surface area contributed by atoms with E-state index in [4.69, 9.17) is 0 Å². The molecule has 1 fully saturated rings. The van der Waals surface area contributed by atoms with Crippen LogP contribution in [0.2, 0.25) is 0 Å². The molecule has 1 aromatic heterocycles. The Labute approximate surface area is 124 Å². The number of carbonyl (C=O) groups is 1. The van der Waals surface area contributed by atoms with Gasteiger partial charge in [0.05, 0.1) is 5.56 Å². The van der Waals surface area contributed by atoms with E-state index in [1.54, 1.807) is 12.1 Å². The highest BCUT2D eigenvalue weighted by Crippen LogP contribution is 2.32. The maximum atomic E-state index is 11.3. The van der Waals surface area contributed by atoms with Crippen LogP contribution < -0.4 is 4.90 Å². The van der Waals surface area contributed by atoms with E-state index in [0.29, 0.717) is 5.56 Å². The lowest BCUT2D eigenvalue weighted by Crippen LogP contribution is -2.43. The van der Waals surface area contributed by atoms with Gasteiger partial charge in [-0.2, -0.15) is 11.8 Å². The van der Waals surface area contributed by atoms with Crippen molar-refractivity contribution in [2.24, 2.45) is 0 Å². The third-order valence-electron chi connectivity index (χ3n) is 3.42. The Hall–Kier alpha value is -1.23. The van der Waals surface area contributed by atoms with Gasteiger partial charge in [-0.05, 0) is 31.9 Å². The van der Waals surface area contributed by atoms with Crippen molar-refractivity contribution in [3.8, 4) is 0 Å². The summed E-state index contributed by atoms with van der Waals surface area (Å²) in [6.07, 6.45) is 0. The topological polar surface area (TPSA) is 53.4 Å². The van der Waals surface area contributed by atoms with Gasteiger partial charge in [-0.3, -0.25) is 0 Å². The highest BCUT2D eigenvalue weighted by molar-refractivity contribution is 8.00. The van der Waals surface area contributed by atoms with Gasteiger partial charge in [0, 0.05) is 29.3 Å². The number of rotatable bonds is 3. The quantitative estimate of drug-likeness (QED) is 0.927. The Bertz CT molecular complexity index is 515. The first-order chi connectivity index (χ1) is 9.28.